The lowest BCUT2D eigenvalue weighted by Gasteiger charge is -2.21. The third kappa shape index (κ3) is 11.8. The third-order valence-electron chi connectivity index (χ3n) is 11.8. The van der Waals surface area contributed by atoms with Crippen LogP contribution in [0.15, 0.2) is 103 Å². The number of carbonyl (C=O) groups is 2. The smallest absolute Gasteiger partial charge is 0.335 e. The molecule has 1 aliphatic carbocycles. The van der Waals surface area contributed by atoms with Gasteiger partial charge in [0.2, 0.25) is 0 Å². The normalized spacial score (nSPS) is 12.2. The summed E-state index contributed by atoms with van der Waals surface area (Å²) in [6.45, 7) is 12.4. The molecule has 6 aromatic rings. The summed E-state index contributed by atoms with van der Waals surface area (Å²) in [6.07, 6.45) is 1.87. The first kappa shape index (κ1) is 48.6. The van der Waals surface area contributed by atoms with Gasteiger partial charge in [-0.25, -0.2) is 9.59 Å². The Morgan fingerprint density at radius 2 is 0.838 bits per heavy atom. The van der Waals surface area contributed by atoms with Crippen molar-refractivity contribution in [2.75, 3.05) is 34.9 Å². The van der Waals surface area contributed by atoms with E-state index in [4.69, 9.17) is 23.7 Å². The maximum Gasteiger partial charge on any atom is 0.335 e. The van der Waals surface area contributed by atoms with Crippen molar-refractivity contribution >= 4 is 11.9 Å². The first-order valence-electron chi connectivity index (χ1n) is 22.5. The van der Waals surface area contributed by atoms with E-state index >= 15 is 0 Å². The van der Waals surface area contributed by atoms with Crippen LogP contribution >= 0.6 is 0 Å². The highest BCUT2D eigenvalue weighted by Crippen LogP contribution is 2.38. The Morgan fingerprint density at radius 3 is 1.19 bits per heavy atom. The molecule has 9 heteroatoms. The molecule has 9 nitrogen and oxygen atoms in total. The van der Waals surface area contributed by atoms with Crippen molar-refractivity contribution in [1.82, 2.24) is 0 Å². The van der Waals surface area contributed by atoms with Crippen molar-refractivity contribution in [3.05, 3.63) is 192 Å². The Hall–Kier alpha value is -7.30. The number of carboxylic acids is 2. The lowest BCUT2D eigenvalue weighted by atomic mass is 9.85. The van der Waals surface area contributed by atoms with Crippen LogP contribution in [0.4, 0.5) is 0 Å². The third-order valence-corrected chi connectivity index (χ3v) is 11.8. The Bertz CT molecular complexity index is 2820. The summed E-state index contributed by atoms with van der Waals surface area (Å²) in [6, 6.07) is 33.3. The fraction of sp³-hybridized carbons (Fsp3) is 0.288. The first-order valence-corrected chi connectivity index (χ1v) is 22.5. The number of methoxy groups -OCH3 is 3. The summed E-state index contributed by atoms with van der Waals surface area (Å²) >= 11 is 0. The number of rotatable bonds is 9. The second kappa shape index (κ2) is 20.7. The molecular weight excluding hydrogens is 853 g/mol. The minimum atomic E-state index is -1.00. The van der Waals surface area contributed by atoms with E-state index in [0.29, 0.717) is 54.1 Å². The quantitative estimate of drug-likeness (QED) is 0.108. The Kier molecular flexibility index (Phi) is 14.8. The fourth-order valence-corrected chi connectivity index (χ4v) is 8.46. The summed E-state index contributed by atoms with van der Waals surface area (Å²) in [5.41, 5.74) is 11.8. The van der Waals surface area contributed by atoms with Crippen LogP contribution in [0.1, 0.15) is 140 Å². The van der Waals surface area contributed by atoms with E-state index in [1.54, 1.807) is 45.6 Å². The van der Waals surface area contributed by atoms with Gasteiger partial charge in [-0.2, -0.15) is 0 Å². The van der Waals surface area contributed by atoms with E-state index in [1.807, 2.05) is 54.6 Å². The van der Waals surface area contributed by atoms with Gasteiger partial charge in [0, 0.05) is 84.4 Å². The van der Waals surface area contributed by atoms with Crippen molar-refractivity contribution in [3.8, 4) is 40.9 Å². The maximum atomic E-state index is 12.2. The number of aromatic carboxylic acids is 2. The van der Waals surface area contributed by atoms with E-state index in [9.17, 15) is 19.8 Å². The van der Waals surface area contributed by atoms with Gasteiger partial charge < -0.3 is 33.9 Å². The van der Waals surface area contributed by atoms with E-state index < -0.39 is 11.9 Å². The van der Waals surface area contributed by atoms with E-state index in [1.165, 1.54) is 0 Å². The van der Waals surface area contributed by atoms with Crippen LogP contribution in [0.25, 0.3) is 0 Å². The van der Waals surface area contributed by atoms with E-state index in [2.05, 4.69) is 89.5 Å². The van der Waals surface area contributed by atoms with Gasteiger partial charge >= 0.3 is 11.9 Å². The first-order chi connectivity index (χ1) is 32.4. The summed E-state index contributed by atoms with van der Waals surface area (Å²) < 4.78 is 30.1. The highest BCUT2D eigenvalue weighted by molar-refractivity contribution is 5.89. The molecule has 0 amide bonds. The molecule has 0 saturated carbocycles. The molecule has 0 saturated heterocycles. The van der Waals surface area contributed by atoms with Gasteiger partial charge in [-0.05, 0) is 105 Å². The Morgan fingerprint density at radius 1 is 0.471 bits per heavy atom. The lowest BCUT2D eigenvalue weighted by molar-refractivity contribution is 0.0497. The van der Waals surface area contributed by atoms with Crippen molar-refractivity contribution in [2.24, 2.45) is 0 Å². The predicted molar refractivity (Wildman–Crippen MR) is 265 cm³/mol. The molecular formula is C59H58O9. The van der Waals surface area contributed by atoms with Gasteiger partial charge in [0.05, 0.1) is 18.2 Å². The molecule has 68 heavy (non-hydrogen) atoms. The molecule has 2 N–H and O–H groups in total. The highest BCUT2D eigenvalue weighted by Gasteiger charge is 2.22. The molecule has 1 aliphatic rings. The number of fused-ring (bicyclic) bond motifs is 8. The fourth-order valence-electron chi connectivity index (χ4n) is 8.46. The maximum absolute atomic E-state index is 12.2. The standard InChI is InChI=1S/C59H58O9/c1-58(2,3)51-29-41(27-49(33-51)56(60)61)18-16-39-23-45-21-37-12-10-13-38(20-37)22-46-24-40(17-19-42-28-50(57(62)63)34-52(30-42)59(4,5)6)26-48(55(46)68-36-65-8)32-44-15-11-14-43(53(44)66-9)31-47(25-39)54(45)67-35-64-7/h10-15,20,23-30,33-34H,21-22,31-32,35-36H2,1-9H3,(H,60,61)(H,62,63). The average molecular weight is 911 g/mol. The second-order valence-electron chi connectivity index (χ2n) is 19.2. The summed E-state index contributed by atoms with van der Waals surface area (Å²) in [5.74, 6) is 13.4. The van der Waals surface area contributed by atoms with Crippen LogP contribution in [-0.2, 0) is 46.0 Å². The lowest BCUT2D eigenvalue weighted by Crippen LogP contribution is -2.13. The molecule has 0 radical (unpaired) electrons. The molecule has 0 heterocycles. The zero-order chi connectivity index (χ0) is 48.8. The van der Waals surface area contributed by atoms with Crippen LogP contribution in [0.2, 0.25) is 0 Å². The largest absolute Gasteiger partial charge is 0.496 e. The molecule has 0 atom stereocenters. The van der Waals surface area contributed by atoms with Crippen LogP contribution < -0.4 is 14.2 Å². The summed E-state index contributed by atoms with van der Waals surface area (Å²) in [4.78, 5) is 24.4. The molecule has 0 aromatic heterocycles. The highest BCUT2D eigenvalue weighted by atomic mass is 16.7. The molecule has 0 unspecified atom stereocenters. The van der Waals surface area contributed by atoms with Crippen molar-refractivity contribution in [1.29, 1.82) is 0 Å². The number of hydrogen-bond donors (Lipinski definition) is 2. The Balaban J connectivity index is 1.41. The molecule has 0 fully saturated rings. The van der Waals surface area contributed by atoms with Crippen LogP contribution in [-0.4, -0.2) is 57.1 Å². The summed E-state index contributed by atoms with van der Waals surface area (Å²) in [5, 5.41) is 19.9. The number of benzene rings is 6. The van der Waals surface area contributed by atoms with Gasteiger partial charge in [-0.15, -0.1) is 0 Å². The number of para-hydroxylation sites is 1. The Labute approximate surface area is 400 Å². The van der Waals surface area contributed by atoms with Crippen molar-refractivity contribution in [2.45, 2.75) is 78.1 Å². The molecule has 6 aromatic carbocycles. The van der Waals surface area contributed by atoms with Crippen LogP contribution in [0.5, 0.6) is 17.2 Å². The van der Waals surface area contributed by atoms with Gasteiger partial charge in [0.25, 0.3) is 0 Å². The van der Waals surface area contributed by atoms with Crippen LogP contribution in [0, 0.1) is 23.7 Å². The second-order valence-corrected chi connectivity index (χ2v) is 19.2. The van der Waals surface area contributed by atoms with Gasteiger partial charge in [0.1, 0.15) is 17.2 Å². The average Bonchev–Trinajstić information content (AvgIpc) is 3.29. The number of hydrogen-bond acceptors (Lipinski definition) is 7. The van der Waals surface area contributed by atoms with Gasteiger partial charge in [0.15, 0.2) is 13.6 Å². The van der Waals surface area contributed by atoms with E-state index in [-0.39, 0.29) is 35.5 Å². The molecule has 7 rings (SSSR count). The molecule has 8 bridgehead atoms. The number of ether oxygens (including phenoxy) is 5. The minimum absolute atomic E-state index is 0.0344. The zero-order valence-corrected chi connectivity index (χ0v) is 40.3. The monoisotopic (exact) mass is 910 g/mol. The van der Waals surface area contributed by atoms with Crippen LogP contribution in [0.3, 0.4) is 0 Å². The molecule has 348 valence electrons. The van der Waals surface area contributed by atoms with Crippen molar-refractivity contribution < 1.29 is 43.5 Å². The topological polar surface area (TPSA) is 121 Å². The van der Waals surface area contributed by atoms with Crippen molar-refractivity contribution in [3.63, 3.8) is 0 Å². The SMILES string of the molecule is COCOc1c2cc(C#Cc3cc(C(=O)O)cc(C(C)(C)C)c3)cc1Cc1cccc(c1OC)Cc1cc(C#Cc3cc(C(=O)O)cc(C(C)(C)C)c3)cc(c1OCOC)Cc1cccc(c1)C2. The summed E-state index contributed by atoms with van der Waals surface area (Å²) in [7, 11) is 4.87. The molecule has 0 aliphatic heterocycles. The van der Waals surface area contributed by atoms with Gasteiger partial charge in [-0.1, -0.05) is 108 Å². The minimum Gasteiger partial charge on any atom is -0.496 e. The number of carboxylic acid groups (broad SMARTS) is 2. The van der Waals surface area contributed by atoms with E-state index in [0.717, 1.165) is 66.8 Å². The zero-order valence-electron chi connectivity index (χ0n) is 40.3. The molecule has 0 spiro atoms. The van der Waals surface area contributed by atoms with Gasteiger partial charge in [-0.3, -0.25) is 0 Å². The predicted octanol–water partition coefficient (Wildman–Crippen LogP) is 11.1.